The Morgan fingerprint density at radius 2 is 2.26 bits per heavy atom. The van der Waals surface area contributed by atoms with Gasteiger partial charge in [0.25, 0.3) is 0 Å². The van der Waals surface area contributed by atoms with Gasteiger partial charge in [-0.2, -0.15) is 9.97 Å². The van der Waals surface area contributed by atoms with E-state index in [0.29, 0.717) is 24.2 Å². The molecule has 1 aliphatic heterocycles. The summed E-state index contributed by atoms with van der Waals surface area (Å²) in [6.07, 6.45) is 8.15. The van der Waals surface area contributed by atoms with Gasteiger partial charge in [0.05, 0.1) is 12.6 Å². The van der Waals surface area contributed by atoms with Crippen LogP contribution in [-0.2, 0) is 6.54 Å². The van der Waals surface area contributed by atoms with Crippen LogP contribution in [-0.4, -0.2) is 36.7 Å². The number of likely N-dealkylation sites (tertiary alicyclic amines) is 1. The number of hydrogen-bond acceptors (Lipinski definition) is 8. The van der Waals surface area contributed by atoms with Crippen LogP contribution in [0.5, 0.6) is 0 Å². The van der Waals surface area contributed by atoms with Crippen molar-refractivity contribution in [3.05, 3.63) is 42.6 Å². The number of aromatic nitrogens is 5. The van der Waals surface area contributed by atoms with E-state index in [4.69, 9.17) is 9.05 Å². The maximum Gasteiger partial charge on any atom is 0.243 e. The summed E-state index contributed by atoms with van der Waals surface area (Å²) < 4.78 is 10.6. The molecule has 3 aromatic heterocycles. The van der Waals surface area contributed by atoms with Crippen LogP contribution < -0.4 is 0 Å². The second-order valence-electron chi connectivity index (χ2n) is 5.51. The Hall–Kier alpha value is -2.61. The molecule has 0 spiro atoms. The van der Waals surface area contributed by atoms with E-state index in [9.17, 15) is 0 Å². The molecule has 0 aliphatic carbocycles. The van der Waals surface area contributed by atoms with Crippen LogP contribution in [0.15, 0.2) is 39.9 Å². The third-order valence-corrected chi connectivity index (χ3v) is 4.00. The molecule has 0 amide bonds. The van der Waals surface area contributed by atoms with E-state index in [1.165, 1.54) is 6.33 Å². The number of hydrogen-bond donors (Lipinski definition) is 0. The number of rotatable bonds is 4. The standard InChI is InChI=1S/C15H16N6O2/c1-2-7-21(12(5-1)15-17-10-18-23-15)9-13-19-14(20-22-13)11-4-3-6-16-8-11/h3-4,6,8,10,12H,1-2,5,7,9H2. The van der Waals surface area contributed by atoms with Crippen LogP contribution in [0.1, 0.15) is 37.1 Å². The van der Waals surface area contributed by atoms with Gasteiger partial charge in [0.2, 0.25) is 17.6 Å². The lowest BCUT2D eigenvalue weighted by Crippen LogP contribution is -2.33. The first-order valence-electron chi connectivity index (χ1n) is 7.64. The average Bonchev–Trinajstić information content (AvgIpc) is 3.28. The average molecular weight is 312 g/mol. The van der Waals surface area contributed by atoms with Gasteiger partial charge in [-0.25, -0.2) is 0 Å². The Kier molecular flexibility index (Phi) is 3.81. The minimum absolute atomic E-state index is 0.111. The molecule has 118 valence electrons. The molecule has 3 aromatic rings. The fraction of sp³-hybridized carbons (Fsp3) is 0.400. The lowest BCUT2D eigenvalue weighted by molar-refractivity contribution is 0.0986. The summed E-state index contributed by atoms with van der Waals surface area (Å²) in [7, 11) is 0. The van der Waals surface area contributed by atoms with Gasteiger partial charge >= 0.3 is 0 Å². The second-order valence-corrected chi connectivity index (χ2v) is 5.51. The van der Waals surface area contributed by atoms with E-state index in [1.807, 2.05) is 12.1 Å². The summed E-state index contributed by atoms with van der Waals surface area (Å²) in [5.41, 5.74) is 0.842. The molecule has 1 saturated heterocycles. The highest BCUT2D eigenvalue weighted by Gasteiger charge is 2.29. The highest BCUT2D eigenvalue weighted by molar-refractivity contribution is 5.51. The number of piperidine rings is 1. The van der Waals surface area contributed by atoms with Crippen LogP contribution in [0.2, 0.25) is 0 Å². The molecule has 0 radical (unpaired) electrons. The third kappa shape index (κ3) is 2.98. The zero-order chi connectivity index (χ0) is 15.5. The molecule has 23 heavy (non-hydrogen) atoms. The van der Waals surface area contributed by atoms with Crippen LogP contribution in [0.3, 0.4) is 0 Å². The van der Waals surface area contributed by atoms with Crippen molar-refractivity contribution in [3.63, 3.8) is 0 Å². The minimum atomic E-state index is 0.111. The summed E-state index contributed by atoms with van der Waals surface area (Å²) >= 11 is 0. The highest BCUT2D eigenvalue weighted by atomic mass is 16.5. The molecule has 4 rings (SSSR count). The van der Waals surface area contributed by atoms with Crippen LogP contribution in [0.25, 0.3) is 11.4 Å². The van der Waals surface area contributed by atoms with E-state index in [2.05, 4.69) is 30.2 Å². The van der Waals surface area contributed by atoms with Crippen molar-refractivity contribution >= 4 is 0 Å². The summed E-state index contributed by atoms with van der Waals surface area (Å²) in [6.45, 7) is 1.51. The second kappa shape index (κ2) is 6.25. The fourth-order valence-electron chi connectivity index (χ4n) is 2.89. The molecular weight excluding hydrogens is 296 g/mol. The van der Waals surface area contributed by atoms with Crippen molar-refractivity contribution in [1.82, 2.24) is 30.2 Å². The van der Waals surface area contributed by atoms with Crippen molar-refractivity contribution in [1.29, 1.82) is 0 Å². The monoisotopic (exact) mass is 312 g/mol. The van der Waals surface area contributed by atoms with E-state index < -0.39 is 0 Å². The molecule has 8 heteroatoms. The largest absolute Gasteiger partial charge is 0.338 e. The Morgan fingerprint density at radius 1 is 1.26 bits per heavy atom. The van der Waals surface area contributed by atoms with Crippen molar-refractivity contribution in [3.8, 4) is 11.4 Å². The molecule has 0 saturated carbocycles. The Balaban J connectivity index is 1.52. The Bertz CT molecular complexity index is 742. The Morgan fingerprint density at radius 3 is 3.09 bits per heavy atom. The normalized spacial score (nSPS) is 19.0. The van der Waals surface area contributed by atoms with Gasteiger partial charge in [-0.05, 0) is 31.5 Å². The van der Waals surface area contributed by atoms with Gasteiger partial charge in [0, 0.05) is 18.0 Å². The molecule has 8 nitrogen and oxygen atoms in total. The van der Waals surface area contributed by atoms with Crippen molar-refractivity contribution in [2.24, 2.45) is 0 Å². The minimum Gasteiger partial charge on any atom is -0.338 e. The van der Waals surface area contributed by atoms with E-state index >= 15 is 0 Å². The summed E-state index contributed by atoms with van der Waals surface area (Å²) in [6, 6.07) is 3.87. The maximum absolute atomic E-state index is 5.39. The number of pyridine rings is 1. The molecule has 1 atom stereocenters. The van der Waals surface area contributed by atoms with Gasteiger partial charge in [0.15, 0.2) is 6.33 Å². The van der Waals surface area contributed by atoms with Crippen LogP contribution >= 0.6 is 0 Å². The molecule has 4 heterocycles. The van der Waals surface area contributed by atoms with E-state index in [0.717, 1.165) is 31.4 Å². The SMILES string of the molecule is c1cncc(-c2noc(CN3CCCCC3c3ncno3)n2)c1. The van der Waals surface area contributed by atoms with E-state index in [1.54, 1.807) is 12.4 Å². The predicted molar refractivity (Wildman–Crippen MR) is 78.8 cm³/mol. The lowest BCUT2D eigenvalue weighted by Gasteiger charge is -2.31. The molecule has 0 aromatic carbocycles. The smallest absolute Gasteiger partial charge is 0.243 e. The van der Waals surface area contributed by atoms with Gasteiger partial charge in [-0.15, -0.1) is 0 Å². The Labute approximate surface area is 132 Å². The van der Waals surface area contributed by atoms with Crippen molar-refractivity contribution in [2.75, 3.05) is 6.54 Å². The van der Waals surface area contributed by atoms with Gasteiger partial charge in [-0.3, -0.25) is 9.88 Å². The number of nitrogens with zero attached hydrogens (tertiary/aromatic N) is 6. The highest BCUT2D eigenvalue weighted by Crippen LogP contribution is 2.30. The topological polar surface area (TPSA) is 94.0 Å². The first-order chi connectivity index (χ1) is 11.4. The maximum atomic E-state index is 5.39. The summed E-state index contributed by atoms with van der Waals surface area (Å²) in [4.78, 5) is 15.0. The predicted octanol–water partition coefficient (Wildman–Crippen LogP) is 2.24. The fourth-order valence-corrected chi connectivity index (χ4v) is 2.89. The molecular formula is C15H16N6O2. The lowest BCUT2D eigenvalue weighted by atomic mass is 10.0. The quantitative estimate of drug-likeness (QED) is 0.724. The molecule has 0 N–H and O–H groups in total. The van der Waals surface area contributed by atoms with Gasteiger partial charge in [-0.1, -0.05) is 16.7 Å². The van der Waals surface area contributed by atoms with Gasteiger partial charge in [0.1, 0.15) is 0 Å². The third-order valence-electron chi connectivity index (χ3n) is 4.00. The molecule has 1 fully saturated rings. The van der Waals surface area contributed by atoms with Crippen LogP contribution in [0, 0.1) is 0 Å². The summed E-state index contributed by atoms with van der Waals surface area (Å²) in [5, 5.41) is 7.75. The van der Waals surface area contributed by atoms with Crippen molar-refractivity contribution in [2.45, 2.75) is 31.8 Å². The molecule has 1 unspecified atom stereocenters. The summed E-state index contributed by atoms with van der Waals surface area (Å²) in [5.74, 6) is 1.78. The van der Waals surface area contributed by atoms with Crippen molar-refractivity contribution < 1.29 is 9.05 Å². The molecule has 0 bridgehead atoms. The first kappa shape index (κ1) is 14.0. The first-order valence-corrected chi connectivity index (χ1v) is 7.64. The van der Waals surface area contributed by atoms with Crippen LogP contribution in [0.4, 0.5) is 0 Å². The zero-order valence-electron chi connectivity index (χ0n) is 12.5. The molecule has 1 aliphatic rings. The zero-order valence-corrected chi connectivity index (χ0v) is 12.5. The van der Waals surface area contributed by atoms with E-state index in [-0.39, 0.29) is 6.04 Å². The van der Waals surface area contributed by atoms with Gasteiger partial charge < -0.3 is 9.05 Å².